The molecule has 2 aromatic heterocycles. The van der Waals surface area contributed by atoms with E-state index in [2.05, 4.69) is 15.3 Å². The Morgan fingerprint density at radius 2 is 2.28 bits per heavy atom. The van der Waals surface area contributed by atoms with Crippen molar-refractivity contribution in [1.29, 1.82) is 0 Å². The number of carbonyl (C=O) groups is 1. The number of hydrogen-bond donors (Lipinski definition) is 1. The number of halogens is 1. The van der Waals surface area contributed by atoms with Gasteiger partial charge in [0.2, 0.25) is 5.95 Å². The van der Waals surface area contributed by atoms with E-state index < -0.39 is 5.95 Å². The fraction of sp³-hybridized carbons (Fsp3) is 0.250. The van der Waals surface area contributed by atoms with Gasteiger partial charge in [0.15, 0.2) is 5.13 Å². The summed E-state index contributed by atoms with van der Waals surface area (Å²) in [6.07, 6.45) is 3.57. The van der Waals surface area contributed by atoms with Crippen LogP contribution in [0.3, 0.4) is 0 Å². The van der Waals surface area contributed by atoms with Crippen molar-refractivity contribution in [3.63, 3.8) is 0 Å². The van der Waals surface area contributed by atoms with Crippen molar-refractivity contribution in [2.45, 2.75) is 18.8 Å². The highest BCUT2D eigenvalue weighted by molar-refractivity contribution is 7.14. The van der Waals surface area contributed by atoms with E-state index >= 15 is 0 Å². The van der Waals surface area contributed by atoms with Crippen molar-refractivity contribution < 1.29 is 9.18 Å². The van der Waals surface area contributed by atoms with Gasteiger partial charge in [-0.3, -0.25) is 10.1 Å². The summed E-state index contributed by atoms with van der Waals surface area (Å²) in [6.45, 7) is 0. The Labute approximate surface area is 107 Å². The third-order valence-corrected chi connectivity index (χ3v) is 3.50. The molecule has 0 radical (unpaired) electrons. The van der Waals surface area contributed by atoms with Crippen LogP contribution < -0.4 is 5.32 Å². The highest BCUT2D eigenvalue weighted by atomic mass is 32.1. The number of hydrogen-bond acceptors (Lipinski definition) is 4. The first kappa shape index (κ1) is 11.3. The Hall–Kier alpha value is -1.82. The molecule has 0 aliphatic heterocycles. The maximum atomic E-state index is 12.6. The summed E-state index contributed by atoms with van der Waals surface area (Å²) in [7, 11) is 0. The van der Waals surface area contributed by atoms with E-state index in [1.54, 1.807) is 0 Å². The zero-order valence-electron chi connectivity index (χ0n) is 9.39. The Morgan fingerprint density at radius 3 is 2.94 bits per heavy atom. The van der Waals surface area contributed by atoms with E-state index in [0.717, 1.165) is 11.8 Å². The van der Waals surface area contributed by atoms with Gasteiger partial charge in [-0.15, -0.1) is 11.3 Å². The SMILES string of the molecule is O=C(Nc1nc(C2CC2)cs1)c1ccc(F)nc1. The number of amides is 1. The first-order valence-electron chi connectivity index (χ1n) is 5.61. The third kappa shape index (κ3) is 2.38. The molecule has 0 atom stereocenters. The number of carbonyl (C=O) groups excluding carboxylic acids is 1. The maximum absolute atomic E-state index is 12.6. The number of rotatable bonds is 3. The molecule has 6 heteroatoms. The van der Waals surface area contributed by atoms with E-state index in [1.165, 1.54) is 36.4 Å². The predicted molar refractivity (Wildman–Crippen MR) is 66.2 cm³/mol. The fourth-order valence-electron chi connectivity index (χ4n) is 1.59. The lowest BCUT2D eigenvalue weighted by Gasteiger charge is -2.00. The van der Waals surface area contributed by atoms with Gasteiger partial charge in [0, 0.05) is 17.5 Å². The van der Waals surface area contributed by atoms with Crippen molar-refractivity contribution in [2.75, 3.05) is 5.32 Å². The minimum atomic E-state index is -0.600. The third-order valence-electron chi connectivity index (χ3n) is 2.73. The first-order valence-corrected chi connectivity index (χ1v) is 6.48. The van der Waals surface area contributed by atoms with E-state index in [1.807, 2.05) is 5.38 Å². The van der Waals surface area contributed by atoms with Crippen LogP contribution in [0.1, 0.15) is 34.8 Å². The normalized spacial score (nSPS) is 14.5. The van der Waals surface area contributed by atoms with Gasteiger partial charge < -0.3 is 0 Å². The second-order valence-electron chi connectivity index (χ2n) is 4.18. The van der Waals surface area contributed by atoms with Gasteiger partial charge in [-0.1, -0.05) is 0 Å². The molecular formula is C12H10FN3OS. The number of aromatic nitrogens is 2. The molecule has 2 heterocycles. The Kier molecular flexibility index (Phi) is 2.79. The molecule has 1 amide bonds. The average Bonchev–Trinajstić information content (AvgIpc) is 3.11. The number of nitrogens with one attached hydrogen (secondary N) is 1. The van der Waals surface area contributed by atoms with Crippen LogP contribution in [-0.2, 0) is 0 Å². The molecular weight excluding hydrogens is 253 g/mol. The quantitative estimate of drug-likeness (QED) is 0.866. The molecule has 1 N–H and O–H groups in total. The van der Waals surface area contributed by atoms with Gasteiger partial charge in [0.1, 0.15) is 0 Å². The second-order valence-corrected chi connectivity index (χ2v) is 5.03. The minimum absolute atomic E-state index is 0.319. The average molecular weight is 263 g/mol. The van der Waals surface area contributed by atoms with Crippen molar-refractivity contribution in [3.05, 3.63) is 40.9 Å². The molecule has 1 saturated carbocycles. The molecule has 0 bridgehead atoms. The summed E-state index contributed by atoms with van der Waals surface area (Å²) < 4.78 is 12.6. The topological polar surface area (TPSA) is 54.9 Å². The summed E-state index contributed by atoms with van der Waals surface area (Å²) in [5.41, 5.74) is 1.37. The monoisotopic (exact) mass is 263 g/mol. The number of nitrogens with zero attached hydrogens (tertiary/aromatic N) is 2. The summed E-state index contributed by atoms with van der Waals surface area (Å²) in [5, 5.41) is 5.23. The van der Waals surface area contributed by atoms with Crippen LogP contribution in [0.2, 0.25) is 0 Å². The molecule has 92 valence electrons. The van der Waals surface area contributed by atoms with E-state index in [0.29, 0.717) is 16.6 Å². The van der Waals surface area contributed by atoms with Crippen LogP contribution in [0.15, 0.2) is 23.7 Å². The maximum Gasteiger partial charge on any atom is 0.259 e. The highest BCUT2D eigenvalue weighted by Gasteiger charge is 2.26. The van der Waals surface area contributed by atoms with E-state index in [-0.39, 0.29) is 5.91 Å². The molecule has 18 heavy (non-hydrogen) atoms. The van der Waals surface area contributed by atoms with Crippen molar-refractivity contribution in [1.82, 2.24) is 9.97 Å². The van der Waals surface area contributed by atoms with Crippen LogP contribution in [0, 0.1) is 5.95 Å². The summed E-state index contributed by atoms with van der Waals surface area (Å²) >= 11 is 1.41. The van der Waals surface area contributed by atoms with E-state index in [9.17, 15) is 9.18 Å². The molecule has 0 saturated heterocycles. The molecule has 3 rings (SSSR count). The largest absolute Gasteiger partial charge is 0.298 e. The predicted octanol–water partition coefficient (Wildman–Crippen LogP) is 2.81. The number of anilines is 1. The van der Waals surface area contributed by atoms with Crippen LogP contribution in [0.5, 0.6) is 0 Å². The van der Waals surface area contributed by atoms with Crippen molar-refractivity contribution in [2.24, 2.45) is 0 Å². The van der Waals surface area contributed by atoms with Gasteiger partial charge in [-0.25, -0.2) is 9.97 Å². The summed E-state index contributed by atoms with van der Waals surface area (Å²) in [4.78, 5) is 19.6. The molecule has 0 unspecified atom stereocenters. The number of pyridine rings is 1. The van der Waals surface area contributed by atoms with Gasteiger partial charge in [0.25, 0.3) is 5.91 Å². The van der Waals surface area contributed by atoms with E-state index in [4.69, 9.17) is 0 Å². The molecule has 1 aliphatic rings. The molecule has 4 nitrogen and oxygen atoms in total. The van der Waals surface area contributed by atoms with Crippen LogP contribution in [0.4, 0.5) is 9.52 Å². The summed E-state index contributed by atoms with van der Waals surface area (Å²) in [6, 6.07) is 2.56. The van der Waals surface area contributed by atoms with Gasteiger partial charge in [0.05, 0.1) is 11.3 Å². The highest BCUT2D eigenvalue weighted by Crippen LogP contribution is 2.40. The zero-order chi connectivity index (χ0) is 12.5. The van der Waals surface area contributed by atoms with Gasteiger partial charge >= 0.3 is 0 Å². The molecule has 0 aromatic carbocycles. The first-order chi connectivity index (χ1) is 8.72. The molecule has 1 aliphatic carbocycles. The standard InChI is InChI=1S/C12H10FN3OS/c13-10-4-3-8(5-14-10)11(17)16-12-15-9(6-18-12)7-1-2-7/h3-7H,1-2H2,(H,15,16,17). The minimum Gasteiger partial charge on any atom is -0.298 e. The Bertz CT molecular complexity index is 577. The van der Waals surface area contributed by atoms with Crippen LogP contribution >= 0.6 is 11.3 Å². The van der Waals surface area contributed by atoms with Crippen LogP contribution in [-0.4, -0.2) is 15.9 Å². The molecule has 2 aromatic rings. The van der Waals surface area contributed by atoms with Crippen molar-refractivity contribution >= 4 is 22.4 Å². The van der Waals surface area contributed by atoms with Gasteiger partial charge in [-0.2, -0.15) is 4.39 Å². The zero-order valence-corrected chi connectivity index (χ0v) is 10.2. The molecule has 0 spiro atoms. The second kappa shape index (κ2) is 4.45. The Morgan fingerprint density at radius 1 is 1.44 bits per heavy atom. The van der Waals surface area contributed by atoms with Gasteiger partial charge in [-0.05, 0) is 25.0 Å². The number of thiazole rings is 1. The lowest BCUT2D eigenvalue weighted by molar-refractivity contribution is 0.102. The summed E-state index contributed by atoms with van der Waals surface area (Å²) in [5.74, 6) is -0.351. The smallest absolute Gasteiger partial charge is 0.259 e. The Balaban J connectivity index is 1.70. The molecule has 1 fully saturated rings. The van der Waals surface area contributed by atoms with Crippen molar-refractivity contribution in [3.8, 4) is 0 Å². The lowest BCUT2D eigenvalue weighted by Crippen LogP contribution is -2.12. The lowest BCUT2D eigenvalue weighted by atomic mass is 10.3. The van der Waals surface area contributed by atoms with Crippen LogP contribution in [0.25, 0.3) is 0 Å². The fourth-order valence-corrected chi connectivity index (χ4v) is 2.38.